The molecule has 372 valence electrons. The molecule has 3 rings (SSSR count). The van der Waals surface area contributed by atoms with Crippen molar-refractivity contribution >= 4 is 112 Å². The van der Waals surface area contributed by atoms with Crippen molar-refractivity contribution in [2.75, 3.05) is 0 Å². The Balaban J connectivity index is -0.000000795. The SMILES string of the molecule is C.CC(C)(C)N1C(=O)C(C)(N)C(C)(C)C1(C)C.CC(C)(C)N1C(=O)C(C)(N=C=S)C(C)(C)C1(C)C.CC(C)C(=S)NC1(C)C(=O)N(C(C)(C)C)C(C)(C)C1(C)C.CCC.[I][V]([I])[I]. The predicted molar refractivity (Wildman–Crippen MR) is 303 cm³/mol. The van der Waals surface area contributed by atoms with E-state index >= 15 is 0 Å². The Morgan fingerprint density at radius 3 is 1.13 bits per heavy atom. The monoisotopic (exact) mass is 1300 g/mol. The van der Waals surface area contributed by atoms with Gasteiger partial charge >= 0.3 is 64.9 Å². The van der Waals surface area contributed by atoms with E-state index in [-0.39, 0.29) is 85.5 Å². The molecule has 0 aromatic heterocycles. The molecule has 0 saturated carbocycles. The number of thiocarbonyl (C=S) groups is 2. The first-order valence-corrected chi connectivity index (χ1v) is 36.2. The van der Waals surface area contributed by atoms with E-state index in [9.17, 15) is 14.4 Å². The number of nitrogens with two attached hydrogens (primary N) is 1. The fourth-order valence-corrected chi connectivity index (χ4v) is 9.61. The zero-order valence-corrected chi connectivity index (χ0v) is 53.8. The van der Waals surface area contributed by atoms with Crippen LogP contribution in [0.3, 0.4) is 0 Å². The number of nitrogens with one attached hydrogen (secondary N) is 1. The second-order valence-corrected chi connectivity index (χ2v) is 60.1. The standard InChI is InChI=1S/C17H32N2OS.C14H24N2OS.C13H26N2O.C3H8.CH4.3HI.V/c1-11(2)12(21)18-17(10)13(20)19(14(3,4)5)16(8,9)15(17,6)7;1-11(2,3)16-10(17)14(8,15-9-18)12(4,5)13(16,6)7;1-10(2,3)15-9(16)13(8,14)11(4,5)12(15,6)7;1-3-2;;;;;/h11H,1-10H3,(H,18,21);1-8H3;14H2,1-8H3;3H2,1-2H3;1H4;3*1H;/q;;;;;;;;+3/p-3. The van der Waals surface area contributed by atoms with Gasteiger partial charge in [-0.1, -0.05) is 95.3 Å². The van der Waals surface area contributed by atoms with Gasteiger partial charge in [-0.05, 0) is 137 Å². The second-order valence-electron chi connectivity index (χ2n) is 24.1. The Morgan fingerprint density at radius 2 is 0.921 bits per heavy atom. The normalized spacial score (nSPS) is 27.3. The van der Waals surface area contributed by atoms with Crippen LogP contribution < -0.4 is 11.1 Å². The zero-order valence-electron chi connectivity index (χ0n) is 44.3. The van der Waals surface area contributed by atoms with Crippen molar-refractivity contribution in [1.29, 1.82) is 0 Å². The molecular formula is C48H94I3N6O3S2V. The summed E-state index contributed by atoms with van der Waals surface area (Å²) in [6.45, 7) is 58.0. The average molecular weight is 1300 g/mol. The van der Waals surface area contributed by atoms with Crippen LogP contribution in [0.4, 0.5) is 0 Å². The molecule has 3 aliphatic heterocycles. The quantitative estimate of drug-likeness (QED) is 0.164. The van der Waals surface area contributed by atoms with Crippen molar-refractivity contribution in [2.24, 2.45) is 32.9 Å². The summed E-state index contributed by atoms with van der Waals surface area (Å²) < 4.78 is 0. The van der Waals surface area contributed by atoms with Crippen LogP contribution in [0.5, 0.6) is 0 Å². The van der Waals surface area contributed by atoms with Crippen LogP contribution in [0.15, 0.2) is 4.99 Å². The van der Waals surface area contributed by atoms with Crippen LogP contribution in [0, 0.1) is 22.2 Å². The number of carbonyl (C=O) groups excluding carboxylic acids is 3. The number of rotatable bonds is 3. The van der Waals surface area contributed by atoms with Gasteiger partial charge in [-0.15, -0.1) is 0 Å². The van der Waals surface area contributed by atoms with E-state index in [0.29, 0.717) is 0 Å². The maximum atomic E-state index is 13.3. The predicted octanol–water partition coefficient (Wildman–Crippen LogP) is 13.9. The number of nitrogens with zero attached hydrogens (tertiary/aromatic N) is 4. The zero-order chi connectivity index (χ0) is 51.0. The van der Waals surface area contributed by atoms with E-state index in [1.165, 1.54) is 6.42 Å². The van der Waals surface area contributed by atoms with Crippen LogP contribution in [0.1, 0.15) is 208 Å². The number of isothiocyanates is 1. The molecule has 3 N–H and O–H groups in total. The molecule has 15 heteroatoms. The third-order valence-corrected chi connectivity index (χ3v) is 15.8. The number of hydrogen-bond donors (Lipinski definition) is 2. The summed E-state index contributed by atoms with van der Waals surface area (Å²) in [4.78, 5) is 49.2. The van der Waals surface area contributed by atoms with Gasteiger partial charge in [0, 0.05) is 55.4 Å². The van der Waals surface area contributed by atoms with Crippen LogP contribution >= 0.6 is 84.4 Å². The van der Waals surface area contributed by atoms with E-state index in [1.54, 1.807) is 0 Å². The van der Waals surface area contributed by atoms with Crippen molar-refractivity contribution in [3.05, 3.63) is 0 Å². The van der Waals surface area contributed by atoms with E-state index in [1.807, 2.05) is 35.5 Å². The molecule has 3 fully saturated rings. The van der Waals surface area contributed by atoms with Crippen LogP contribution in [0.2, 0.25) is 0 Å². The molecule has 9 nitrogen and oxygen atoms in total. The minimum absolute atomic E-state index is 0. The van der Waals surface area contributed by atoms with Gasteiger partial charge in [0.05, 0.1) is 10.1 Å². The summed E-state index contributed by atoms with van der Waals surface area (Å²) in [6, 6.07) is 0. The third-order valence-electron chi connectivity index (χ3n) is 15.1. The van der Waals surface area contributed by atoms with Gasteiger partial charge in [-0.2, -0.15) is 0 Å². The molecule has 0 aliphatic carbocycles. The van der Waals surface area contributed by atoms with Crippen molar-refractivity contribution in [3.63, 3.8) is 0 Å². The van der Waals surface area contributed by atoms with Gasteiger partial charge in [0.15, 0.2) is 5.54 Å². The fraction of sp³-hybridized carbons (Fsp3) is 0.896. The van der Waals surface area contributed by atoms with Gasteiger partial charge < -0.3 is 25.8 Å². The molecule has 0 bridgehead atoms. The molecule has 0 radical (unpaired) electrons. The number of carbonyl (C=O) groups is 3. The van der Waals surface area contributed by atoms with Crippen LogP contribution in [-0.4, -0.2) is 92.4 Å². The summed E-state index contributed by atoms with van der Waals surface area (Å²) in [5, 5.41) is 5.80. The van der Waals surface area contributed by atoms with Gasteiger partial charge in [0.25, 0.3) is 5.91 Å². The number of halogens is 3. The number of amides is 3. The molecule has 3 atom stereocenters. The van der Waals surface area contributed by atoms with E-state index in [4.69, 9.17) is 30.2 Å². The minimum atomic E-state index is -0.842. The Labute approximate surface area is 437 Å². The molecule has 0 spiro atoms. The van der Waals surface area contributed by atoms with E-state index in [0.717, 1.165) is 4.99 Å². The van der Waals surface area contributed by atoms with Crippen molar-refractivity contribution in [2.45, 2.75) is 258 Å². The van der Waals surface area contributed by atoms with Crippen LogP contribution in [-0.2, 0) is 19.3 Å². The number of likely N-dealkylation sites (tertiary alicyclic amines) is 3. The molecule has 3 heterocycles. The molecule has 63 heavy (non-hydrogen) atoms. The maximum absolute atomic E-state index is 13.3. The van der Waals surface area contributed by atoms with Crippen molar-refractivity contribution < 1.29 is 19.3 Å². The summed E-state index contributed by atoms with van der Waals surface area (Å²) in [5.41, 5.74) is 1.62. The molecule has 3 amide bonds. The van der Waals surface area contributed by atoms with Crippen molar-refractivity contribution in [3.8, 4) is 0 Å². The fourth-order valence-electron chi connectivity index (χ4n) is 9.23. The Kier molecular flexibility index (Phi) is 24.1. The first-order chi connectivity index (χ1) is 26.9. The molecule has 3 saturated heterocycles. The molecule has 0 aromatic rings. The molecule has 3 unspecified atom stereocenters. The van der Waals surface area contributed by atoms with Crippen LogP contribution in [0.25, 0.3) is 0 Å². The Hall–Kier alpha value is 0.834. The first kappa shape index (κ1) is 68.1. The Morgan fingerprint density at radius 1 is 0.651 bits per heavy atom. The van der Waals surface area contributed by atoms with Gasteiger partial charge in [-0.25, -0.2) is 4.99 Å². The summed E-state index contributed by atoms with van der Waals surface area (Å²) in [6.07, 6.45) is 1.25. The number of hydrogen-bond acceptors (Lipinski definition) is 7. The van der Waals surface area contributed by atoms with E-state index < -0.39 is 16.6 Å². The second kappa shape index (κ2) is 22.3. The first-order valence-electron chi connectivity index (χ1n) is 21.9. The van der Waals surface area contributed by atoms with Gasteiger partial charge in [0.1, 0.15) is 11.1 Å². The summed E-state index contributed by atoms with van der Waals surface area (Å²) in [5.74, 6) is 0.442. The third kappa shape index (κ3) is 13.0. The van der Waals surface area contributed by atoms with Gasteiger partial charge in [-0.3, -0.25) is 14.4 Å². The number of aliphatic imine (C=N–C) groups is 1. The molecular weight excluding hydrogens is 1200 g/mol. The summed E-state index contributed by atoms with van der Waals surface area (Å²) in [7, 11) is 0. The molecule has 3 aliphatic rings. The van der Waals surface area contributed by atoms with E-state index in [2.05, 4.69) is 249 Å². The average Bonchev–Trinajstić information content (AvgIpc) is 3.25. The molecule has 0 aromatic carbocycles. The topological polar surface area (TPSA) is 111 Å². The van der Waals surface area contributed by atoms with Crippen molar-refractivity contribution in [1.82, 2.24) is 20.0 Å². The summed E-state index contributed by atoms with van der Waals surface area (Å²) >= 11 is 17.6. The Bertz CT molecular complexity index is 1670. The van der Waals surface area contributed by atoms with Gasteiger partial charge in [0.2, 0.25) is 11.8 Å².